The number of nitrogens with zero attached hydrogens (tertiary/aromatic N) is 1. The quantitative estimate of drug-likeness (QED) is 0.588. The van der Waals surface area contributed by atoms with Gasteiger partial charge < -0.3 is 4.90 Å². The summed E-state index contributed by atoms with van der Waals surface area (Å²) in [4.78, 5) is 14.3. The van der Waals surface area contributed by atoms with Crippen LogP contribution >= 0.6 is 0 Å². The van der Waals surface area contributed by atoms with E-state index in [0.29, 0.717) is 5.92 Å². The zero-order valence-electron chi connectivity index (χ0n) is 11.8. The van der Waals surface area contributed by atoms with E-state index >= 15 is 0 Å². The second-order valence-corrected chi connectivity index (χ2v) is 5.63. The maximum absolute atomic E-state index is 12.4. The van der Waals surface area contributed by atoms with Gasteiger partial charge in [-0.3, -0.25) is 4.79 Å². The van der Waals surface area contributed by atoms with E-state index in [9.17, 15) is 4.79 Å². The Labute approximate surface area is 120 Å². The van der Waals surface area contributed by atoms with Crippen molar-refractivity contribution in [2.45, 2.75) is 32.1 Å². The molecule has 1 aromatic carbocycles. The molecule has 1 aromatic rings. The van der Waals surface area contributed by atoms with Crippen LogP contribution in [0.5, 0.6) is 0 Å². The summed E-state index contributed by atoms with van der Waals surface area (Å²) in [5.41, 5.74) is 2.39. The molecule has 1 unspecified atom stereocenters. The van der Waals surface area contributed by atoms with Crippen molar-refractivity contribution in [3.05, 3.63) is 54.1 Å². The Morgan fingerprint density at radius 2 is 2.15 bits per heavy atom. The molecule has 20 heavy (non-hydrogen) atoms. The van der Waals surface area contributed by atoms with Gasteiger partial charge in [-0.1, -0.05) is 36.4 Å². The normalized spacial score (nSPS) is 22.0. The predicted molar refractivity (Wildman–Crippen MR) is 82.7 cm³/mol. The van der Waals surface area contributed by atoms with Crippen molar-refractivity contribution in [1.82, 2.24) is 0 Å². The van der Waals surface area contributed by atoms with Crippen LogP contribution in [0.25, 0.3) is 0 Å². The number of aryl methyl sites for hydroxylation is 1. The summed E-state index contributed by atoms with van der Waals surface area (Å²) in [7, 11) is 0. The molecule has 1 aliphatic heterocycles. The number of fused-ring (bicyclic) bond motifs is 1. The molecular formula is C18H21NO. The molecule has 0 N–H and O–H groups in total. The van der Waals surface area contributed by atoms with Crippen molar-refractivity contribution in [3.8, 4) is 0 Å². The van der Waals surface area contributed by atoms with E-state index in [1.165, 1.54) is 5.56 Å². The Bertz CT molecular complexity index is 544. The molecule has 0 saturated heterocycles. The molecule has 1 atom stereocenters. The lowest BCUT2D eigenvalue weighted by Crippen LogP contribution is -2.34. The number of carbonyl (C=O) groups excluding carboxylic acids is 1. The number of hydrogen-bond donors (Lipinski definition) is 0. The number of benzene rings is 1. The van der Waals surface area contributed by atoms with Gasteiger partial charge in [0, 0.05) is 12.2 Å². The molecule has 0 fully saturated rings. The smallest absolute Gasteiger partial charge is 0.250 e. The number of hydrogen-bond acceptors (Lipinski definition) is 1. The first kappa shape index (κ1) is 13.2. The van der Waals surface area contributed by atoms with E-state index < -0.39 is 0 Å². The largest absolute Gasteiger partial charge is 0.309 e. The molecule has 2 nitrogen and oxygen atoms in total. The van der Waals surface area contributed by atoms with Crippen LogP contribution in [0.2, 0.25) is 0 Å². The van der Waals surface area contributed by atoms with Crippen LogP contribution in [0.4, 0.5) is 5.69 Å². The summed E-state index contributed by atoms with van der Waals surface area (Å²) < 4.78 is 0. The molecule has 0 saturated carbocycles. The number of anilines is 1. The number of carbonyl (C=O) groups is 1. The Hall–Kier alpha value is -1.83. The molecule has 1 aliphatic carbocycles. The van der Waals surface area contributed by atoms with Crippen molar-refractivity contribution in [2.75, 3.05) is 11.4 Å². The minimum Gasteiger partial charge on any atom is -0.309 e. The first-order chi connectivity index (χ1) is 9.84. The third kappa shape index (κ3) is 2.84. The van der Waals surface area contributed by atoms with Crippen molar-refractivity contribution in [1.29, 1.82) is 0 Å². The number of allylic oxidation sites excluding steroid dienone is 3. The number of amides is 1. The van der Waals surface area contributed by atoms with E-state index in [-0.39, 0.29) is 5.91 Å². The monoisotopic (exact) mass is 267 g/mol. The van der Waals surface area contributed by atoms with Gasteiger partial charge in [0.1, 0.15) is 0 Å². The van der Waals surface area contributed by atoms with E-state index in [1.807, 2.05) is 11.0 Å². The fraction of sp³-hybridized carbons (Fsp3) is 0.389. The van der Waals surface area contributed by atoms with Crippen LogP contribution in [0.3, 0.4) is 0 Å². The van der Waals surface area contributed by atoms with Crippen molar-refractivity contribution in [3.63, 3.8) is 0 Å². The van der Waals surface area contributed by atoms with Crippen LogP contribution in [-0.4, -0.2) is 12.5 Å². The lowest BCUT2D eigenvalue weighted by molar-refractivity contribution is -0.114. The molecule has 0 radical (unpaired) electrons. The summed E-state index contributed by atoms with van der Waals surface area (Å²) in [5.74, 6) is 0.663. The average Bonchev–Trinajstić information content (AvgIpc) is 2.53. The maximum atomic E-state index is 12.4. The lowest BCUT2D eigenvalue weighted by Gasteiger charge is -2.28. The molecule has 1 amide bonds. The average molecular weight is 267 g/mol. The van der Waals surface area contributed by atoms with E-state index in [2.05, 4.69) is 36.4 Å². The minimum absolute atomic E-state index is 0.131. The molecule has 0 aromatic heterocycles. The highest BCUT2D eigenvalue weighted by molar-refractivity contribution is 6.02. The highest BCUT2D eigenvalue weighted by Crippen LogP contribution is 2.27. The maximum Gasteiger partial charge on any atom is 0.250 e. The van der Waals surface area contributed by atoms with Gasteiger partial charge in [0.05, 0.1) is 0 Å². The van der Waals surface area contributed by atoms with Crippen LogP contribution < -0.4 is 4.90 Å². The third-order valence-corrected chi connectivity index (χ3v) is 4.20. The second-order valence-electron chi connectivity index (χ2n) is 5.63. The lowest BCUT2D eigenvalue weighted by atomic mass is 9.94. The van der Waals surface area contributed by atoms with Crippen molar-refractivity contribution >= 4 is 11.6 Å². The summed E-state index contributed by atoms with van der Waals surface area (Å²) in [6.45, 7) is 0.838. The number of rotatable bonds is 2. The fourth-order valence-corrected chi connectivity index (χ4v) is 3.06. The zero-order chi connectivity index (χ0) is 13.8. The SMILES string of the molecule is O=C(/C=C/C1CC=CCC1)N1CCCc2ccccc21. The van der Waals surface area contributed by atoms with Gasteiger partial charge in [-0.2, -0.15) is 0 Å². The molecule has 2 aliphatic rings. The van der Waals surface area contributed by atoms with Crippen LogP contribution in [-0.2, 0) is 11.2 Å². The van der Waals surface area contributed by atoms with Gasteiger partial charge in [-0.15, -0.1) is 0 Å². The Morgan fingerprint density at radius 3 is 3.00 bits per heavy atom. The standard InChI is InChI=1S/C18H21NO/c20-18(13-12-15-7-2-1-3-8-15)19-14-6-10-16-9-4-5-11-17(16)19/h1-2,4-5,9,11-13,15H,3,6-8,10,14H2/b13-12+. The summed E-state index contributed by atoms with van der Waals surface area (Å²) in [6.07, 6.45) is 13.8. The van der Waals surface area contributed by atoms with Gasteiger partial charge in [0.15, 0.2) is 0 Å². The van der Waals surface area contributed by atoms with Crippen LogP contribution in [0.15, 0.2) is 48.6 Å². The van der Waals surface area contributed by atoms with E-state index in [4.69, 9.17) is 0 Å². The first-order valence-corrected chi connectivity index (χ1v) is 7.57. The van der Waals surface area contributed by atoms with Gasteiger partial charge in [-0.25, -0.2) is 0 Å². The summed E-state index contributed by atoms with van der Waals surface area (Å²) in [5, 5.41) is 0. The Kier molecular flexibility index (Phi) is 4.00. The van der Waals surface area contributed by atoms with Gasteiger partial charge in [0.25, 0.3) is 5.91 Å². The van der Waals surface area contributed by atoms with Crippen molar-refractivity contribution < 1.29 is 4.79 Å². The van der Waals surface area contributed by atoms with E-state index in [0.717, 1.165) is 44.3 Å². The highest BCUT2D eigenvalue weighted by Gasteiger charge is 2.20. The first-order valence-electron chi connectivity index (χ1n) is 7.57. The Balaban J connectivity index is 1.72. The molecular weight excluding hydrogens is 246 g/mol. The van der Waals surface area contributed by atoms with Crippen molar-refractivity contribution in [2.24, 2.45) is 5.92 Å². The van der Waals surface area contributed by atoms with Gasteiger partial charge in [-0.05, 0) is 55.7 Å². The molecule has 0 spiro atoms. The third-order valence-electron chi connectivity index (χ3n) is 4.20. The fourth-order valence-electron chi connectivity index (χ4n) is 3.06. The molecule has 0 bridgehead atoms. The van der Waals surface area contributed by atoms with Crippen LogP contribution in [0.1, 0.15) is 31.2 Å². The molecule has 1 heterocycles. The summed E-state index contributed by atoms with van der Waals surface area (Å²) in [6, 6.07) is 8.26. The zero-order valence-corrected chi connectivity index (χ0v) is 11.8. The van der Waals surface area contributed by atoms with Gasteiger partial charge >= 0.3 is 0 Å². The minimum atomic E-state index is 0.131. The van der Waals surface area contributed by atoms with E-state index in [1.54, 1.807) is 6.08 Å². The molecule has 3 rings (SSSR count). The topological polar surface area (TPSA) is 20.3 Å². The molecule has 2 heteroatoms. The Morgan fingerprint density at radius 1 is 1.25 bits per heavy atom. The second kappa shape index (κ2) is 6.08. The molecule has 104 valence electrons. The van der Waals surface area contributed by atoms with Gasteiger partial charge in [0.2, 0.25) is 0 Å². The number of para-hydroxylation sites is 1. The van der Waals surface area contributed by atoms with Crippen LogP contribution in [0, 0.1) is 5.92 Å². The predicted octanol–water partition coefficient (Wildman–Crippen LogP) is 3.88. The highest BCUT2D eigenvalue weighted by atomic mass is 16.2. The summed E-state index contributed by atoms with van der Waals surface area (Å²) >= 11 is 0.